The van der Waals surface area contributed by atoms with Gasteiger partial charge in [0.15, 0.2) is 0 Å². The number of benzene rings is 2. The average Bonchev–Trinajstić information content (AvgIpc) is 2.81. The quantitative estimate of drug-likeness (QED) is 0.698. The monoisotopic (exact) mass is 416 g/mol. The number of hydrogen-bond acceptors (Lipinski definition) is 4. The molecule has 2 aromatic rings. The predicted octanol–water partition coefficient (Wildman–Crippen LogP) is 5.17. The van der Waals surface area contributed by atoms with Crippen LogP contribution in [0.25, 0.3) is 6.08 Å². The molecule has 0 aromatic heterocycles. The number of anilines is 1. The third-order valence-electron chi connectivity index (χ3n) is 3.83. The van der Waals surface area contributed by atoms with Crippen LogP contribution in [0.15, 0.2) is 51.8 Å². The van der Waals surface area contributed by atoms with Crippen molar-refractivity contribution >= 4 is 50.6 Å². The summed E-state index contributed by atoms with van der Waals surface area (Å²) in [6.07, 6.45) is 1.74. The molecule has 2 amide bonds. The van der Waals surface area contributed by atoms with Crippen LogP contribution < -0.4 is 5.32 Å². The van der Waals surface area contributed by atoms with Gasteiger partial charge in [-0.1, -0.05) is 45.8 Å². The number of aryl methyl sites for hydroxylation is 2. The molecule has 4 nitrogen and oxygen atoms in total. The van der Waals surface area contributed by atoms with Crippen LogP contribution in [0, 0.1) is 13.8 Å². The standard InChI is InChI=1S/C19H17BrN2O2S/c1-12-6-7-16(13(2)8-12)21-11-22-18(23)17(25-19(22)24)10-14-4-3-5-15(20)9-14/h3-10,21H,11H2,1-2H3. The Labute approximate surface area is 159 Å². The van der Waals surface area contributed by atoms with Gasteiger partial charge in [0.25, 0.3) is 11.1 Å². The average molecular weight is 417 g/mol. The van der Waals surface area contributed by atoms with Crippen molar-refractivity contribution in [2.24, 2.45) is 0 Å². The summed E-state index contributed by atoms with van der Waals surface area (Å²) in [7, 11) is 0. The van der Waals surface area contributed by atoms with Gasteiger partial charge in [-0.15, -0.1) is 0 Å². The first-order valence-corrected chi connectivity index (χ1v) is 9.37. The highest BCUT2D eigenvalue weighted by Crippen LogP contribution is 2.32. The zero-order chi connectivity index (χ0) is 18.0. The topological polar surface area (TPSA) is 49.4 Å². The Morgan fingerprint density at radius 2 is 1.96 bits per heavy atom. The van der Waals surface area contributed by atoms with Gasteiger partial charge in [-0.05, 0) is 61.0 Å². The molecular weight excluding hydrogens is 400 g/mol. The van der Waals surface area contributed by atoms with E-state index in [4.69, 9.17) is 0 Å². The first-order chi connectivity index (χ1) is 11.9. The van der Waals surface area contributed by atoms with Crippen LogP contribution in [-0.4, -0.2) is 22.7 Å². The Balaban J connectivity index is 1.73. The Bertz CT molecular complexity index is 879. The van der Waals surface area contributed by atoms with E-state index in [1.807, 2.05) is 50.2 Å². The fraction of sp³-hybridized carbons (Fsp3) is 0.158. The second kappa shape index (κ2) is 7.45. The molecule has 3 rings (SSSR count). The molecular formula is C19H17BrN2O2S. The Morgan fingerprint density at radius 3 is 2.68 bits per heavy atom. The summed E-state index contributed by atoms with van der Waals surface area (Å²) in [5.41, 5.74) is 4.05. The first-order valence-electron chi connectivity index (χ1n) is 7.76. The number of nitrogens with zero attached hydrogens (tertiary/aromatic N) is 1. The zero-order valence-corrected chi connectivity index (χ0v) is 16.3. The largest absolute Gasteiger partial charge is 0.367 e. The van der Waals surface area contributed by atoms with Gasteiger partial charge in [0.05, 0.1) is 11.6 Å². The second-order valence-electron chi connectivity index (χ2n) is 5.82. The van der Waals surface area contributed by atoms with Crippen LogP contribution >= 0.6 is 27.7 Å². The number of amides is 2. The van der Waals surface area contributed by atoms with E-state index in [1.165, 1.54) is 10.5 Å². The number of hydrogen-bond donors (Lipinski definition) is 1. The number of imide groups is 1. The highest BCUT2D eigenvalue weighted by Gasteiger charge is 2.34. The minimum absolute atomic E-state index is 0.157. The van der Waals surface area contributed by atoms with Crippen molar-refractivity contribution in [2.75, 3.05) is 12.0 Å². The molecule has 6 heteroatoms. The van der Waals surface area contributed by atoms with Crippen LogP contribution in [-0.2, 0) is 4.79 Å². The van der Waals surface area contributed by atoms with Crippen LogP contribution in [0.2, 0.25) is 0 Å². The van der Waals surface area contributed by atoms with E-state index in [0.29, 0.717) is 4.91 Å². The summed E-state index contributed by atoms with van der Waals surface area (Å²) < 4.78 is 0.928. The fourth-order valence-electron chi connectivity index (χ4n) is 2.56. The van der Waals surface area contributed by atoms with Crippen LogP contribution in [0.5, 0.6) is 0 Å². The Hall–Kier alpha value is -2.05. The third kappa shape index (κ3) is 4.14. The van der Waals surface area contributed by atoms with Gasteiger partial charge >= 0.3 is 0 Å². The van der Waals surface area contributed by atoms with Gasteiger partial charge in [0, 0.05) is 10.2 Å². The van der Waals surface area contributed by atoms with Gasteiger partial charge in [0.1, 0.15) is 0 Å². The number of carbonyl (C=O) groups excluding carboxylic acids is 2. The third-order valence-corrected chi connectivity index (χ3v) is 5.23. The number of nitrogens with one attached hydrogen (secondary N) is 1. The minimum Gasteiger partial charge on any atom is -0.367 e. The van der Waals surface area contributed by atoms with Crippen molar-refractivity contribution < 1.29 is 9.59 Å². The van der Waals surface area contributed by atoms with Crippen molar-refractivity contribution in [3.05, 3.63) is 68.5 Å². The number of carbonyl (C=O) groups is 2. The molecule has 1 N–H and O–H groups in total. The molecule has 1 fully saturated rings. The number of halogens is 1. The van der Waals surface area contributed by atoms with Crippen molar-refractivity contribution in [2.45, 2.75) is 13.8 Å². The van der Waals surface area contributed by atoms with Gasteiger partial charge in [0.2, 0.25) is 0 Å². The summed E-state index contributed by atoms with van der Waals surface area (Å²) >= 11 is 4.37. The van der Waals surface area contributed by atoms with E-state index < -0.39 is 0 Å². The van der Waals surface area contributed by atoms with Gasteiger partial charge in [-0.25, -0.2) is 0 Å². The molecule has 0 atom stereocenters. The normalized spacial score (nSPS) is 16.0. The maximum atomic E-state index is 12.5. The SMILES string of the molecule is Cc1ccc(NCN2C(=O)SC(=Cc3cccc(Br)c3)C2=O)c(C)c1. The van der Waals surface area contributed by atoms with Crippen LogP contribution in [0.4, 0.5) is 10.5 Å². The lowest BCUT2D eigenvalue weighted by Gasteiger charge is -2.16. The first kappa shape index (κ1) is 17.8. The molecule has 0 unspecified atom stereocenters. The zero-order valence-electron chi connectivity index (χ0n) is 13.9. The lowest BCUT2D eigenvalue weighted by Crippen LogP contribution is -2.33. The molecule has 1 heterocycles. The number of rotatable bonds is 4. The molecule has 25 heavy (non-hydrogen) atoms. The van der Waals surface area contributed by atoms with Crippen molar-refractivity contribution in [1.29, 1.82) is 0 Å². The lowest BCUT2D eigenvalue weighted by atomic mass is 10.1. The molecule has 1 aliphatic rings. The van der Waals surface area contributed by atoms with Gasteiger partial charge in [-0.2, -0.15) is 0 Å². The molecule has 0 radical (unpaired) electrons. The molecule has 2 aromatic carbocycles. The van der Waals surface area contributed by atoms with E-state index in [9.17, 15) is 9.59 Å². The predicted molar refractivity (Wildman–Crippen MR) is 106 cm³/mol. The molecule has 0 aliphatic carbocycles. The fourth-order valence-corrected chi connectivity index (χ4v) is 3.82. The maximum Gasteiger partial charge on any atom is 0.295 e. The highest BCUT2D eigenvalue weighted by molar-refractivity contribution is 9.10. The molecule has 1 aliphatic heterocycles. The summed E-state index contributed by atoms with van der Waals surface area (Å²) in [6.45, 7) is 4.18. The lowest BCUT2D eigenvalue weighted by molar-refractivity contribution is -0.122. The summed E-state index contributed by atoms with van der Waals surface area (Å²) in [5.74, 6) is -0.271. The van der Waals surface area contributed by atoms with Crippen molar-refractivity contribution in [1.82, 2.24) is 4.90 Å². The van der Waals surface area contributed by atoms with E-state index in [1.54, 1.807) is 6.08 Å². The maximum absolute atomic E-state index is 12.5. The van der Waals surface area contributed by atoms with Gasteiger partial charge < -0.3 is 5.32 Å². The summed E-state index contributed by atoms with van der Waals surface area (Å²) in [5, 5.41) is 2.91. The Morgan fingerprint density at radius 1 is 1.16 bits per heavy atom. The van der Waals surface area contributed by atoms with E-state index >= 15 is 0 Å². The van der Waals surface area contributed by atoms with E-state index in [-0.39, 0.29) is 17.8 Å². The molecule has 0 spiro atoms. The van der Waals surface area contributed by atoms with Crippen LogP contribution in [0.3, 0.4) is 0 Å². The Kier molecular flexibility index (Phi) is 5.30. The van der Waals surface area contributed by atoms with Crippen molar-refractivity contribution in [3.63, 3.8) is 0 Å². The summed E-state index contributed by atoms with van der Waals surface area (Å²) in [4.78, 5) is 26.4. The van der Waals surface area contributed by atoms with Gasteiger partial charge in [-0.3, -0.25) is 14.5 Å². The molecule has 128 valence electrons. The summed E-state index contributed by atoms with van der Waals surface area (Å²) in [6, 6.07) is 13.6. The number of thioether (sulfide) groups is 1. The molecule has 1 saturated heterocycles. The molecule has 0 bridgehead atoms. The van der Waals surface area contributed by atoms with E-state index in [0.717, 1.165) is 33.0 Å². The molecule has 0 saturated carbocycles. The smallest absolute Gasteiger partial charge is 0.295 e. The van der Waals surface area contributed by atoms with Crippen LogP contribution in [0.1, 0.15) is 16.7 Å². The highest BCUT2D eigenvalue weighted by atomic mass is 79.9. The van der Waals surface area contributed by atoms with Crippen molar-refractivity contribution in [3.8, 4) is 0 Å². The second-order valence-corrected chi connectivity index (χ2v) is 7.73. The van der Waals surface area contributed by atoms with E-state index in [2.05, 4.69) is 27.3 Å². The minimum atomic E-state index is -0.271.